The van der Waals surface area contributed by atoms with Gasteiger partial charge in [0.15, 0.2) is 5.78 Å². The second-order valence-electron chi connectivity index (χ2n) is 8.01. The Labute approximate surface area is 183 Å². The smallest absolute Gasteiger partial charge is 0.243 e. The summed E-state index contributed by atoms with van der Waals surface area (Å²) >= 11 is 0. The van der Waals surface area contributed by atoms with E-state index in [1.54, 1.807) is 43.5 Å². The van der Waals surface area contributed by atoms with Gasteiger partial charge in [0.1, 0.15) is 22.8 Å². The predicted molar refractivity (Wildman–Crippen MR) is 116 cm³/mol. The van der Waals surface area contributed by atoms with Crippen LogP contribution in [0.1, 0.15) is 42.1 Å². The largest absolute Gasteiger partial charge is 0.496 e. The molecule has 0 N–H and O–H groups in total. The summed E-state index contributed by atoms with van der Waals surface area (Å²) in [6.07, 6.45) is 1.15. The van der Waals surface area contributed by atoms with Gasteiger partial charge in [-0.3, -0.25) is 4.79 Å². The Balaban J connectivity index is 1.52. The van der Waals surface area contributed by atoms with Crippen LogP contribution in [0.2, 0.25) is 0 Å². The van der Waals surface area contributed by atoms with Gasteiger partial charge in [0.05, 0.1) is 30.6 Å². The molecule has 0 amide bonds. The maximum Gasteiger partial charge on any atom is 0.243 e. The molecule has 0 unspecified atom stereocenters. The minimum Gasteiger partial charge on any atom is -0.496 e. The van der Waals surface area contributed by atoms with Gasteiger partial charge in [0.2, 0.25) is 10.0 Å². The highest BCUT2D eigenvalue weighted by atomic mass is 32.2. The van der Waals surface area contributed by atoms with Gasteiger partial charge in [-0.2, -0.15) is 4.31 Å². The molecule has 2 heterocycles. The number of fused-ring (bicyclic) bond motifs is 1. The first-order valence-electron chi connectivity index (χ1n) is 10.4. The van der Waals surface area contributed by atoms with E-state index < -0.39 is 15.6 Å². The Hall–Kier alpha value is -2.58. The first-order valence-corrected chi connectivity index (χ1v) is 11.9. The molecule has 0 bridgehead atoms. The first kappa shape index (κ1) is 21.6. The Morgan fingerprint density at radius 2 is 1.87 bits per heavy atom. The van der Waals surface area contributed by atoms with E-state index in [2.05, 4.69) is 0 Å². The maximum atomic E-state index is 13.2. The third kappa shape index (κ3) is 4.02. The Morgan fingerprint density at radius 3 is 2.52 bits per heavy atom. The fourth-order valence-electron chi connectivity index (χ4n) is 4.30. The summed E-state index contributed by atoms with van der Waals surface area (Å²) < 4.78 is 44.8. The quantitative estimate of drug-likeness (QED) is 0.700. The summed E-state index contributed by atoms with van der Waals surface area (Å²) in [7, 11) is -2.08. The molecule has 1 spiro atoms. The van der Waals surface area contributed by atoms with Crippen LogP contribution in [-0.4, -0.2) is 50.9 Å². The van der Waals surface area contributed by atoms with Crippen molar-refractivity contribution in [2.24, 2.45) is 0 Å². The van der Waals surface area contributed by atoms with Gasteiger partial charge in [-0.15, -0.1) is 0 Å². The number of carbonyl (C=O) groups is 1. The van der Waals surface area contributed by atoms with Crippen LogP contribution in [0, 0.1) is 6.92 Å². The number of sulfonamides is 1. The van der Waals surface area contributed by atoms with E-state index >= 15 is 0 Å². The zero-order valence-electron chi connectivity index (χ0n) is 18.0. The number of Topliss-reactive ketones (excluding diaryl/α,β-unsaturated/α-hetero) is 1. The predicted octanol–water partition coefficient (Wildman–Crippen LogP) is 3.59. The normalized spacial score (nSPS) is 18.4. The molecular weight excluding hydrogens is 418 g/mol. The van der Waals surface area contributed by atoms with Crippen molar-refractivity contribution in [3.05, 3.63) is 47.5 Å². The summed E-state index contributed by atoms with van der Waals surface area (Å²) in [5, 5.41) is 0. The van der Waals surface area contributed by atoms with E-state index in [-0.39, 0.29) is 17.1 Å². The van der Waals surface area contributed by atoms with E-state index in [0.717, 1.165) is 5.56 Å². The molecule has 0 atom stereocenters. The van der Waals surface area contributed by atoms with Crippen LogP contribution in [0.25, 0.3) is 0 Å². The summed E-state index contributed by atoms with van der Waals surface area (Å²) in [6.45, 7) is 4.82. The van der Waals surface area contributed by atoms with Gasteiger partial charge in [0.25, 0.3) is 0 Å². The second kappa shape index (κ2) is 8.16. The molecule has 2 aromatic rings. The minimum absolute atomic E-state index is 0.0198. The molecule has 0 saturated carbocycles. The van der Waals surface area contributed by atoms with Crippen molar-refractivity contribution in [3.8, 4) is 17.2 Å². The fraction of sp³-hybridized carbons (Fsp3) is 0.435. The number of aryl methyl sites for hydroxylation is 1. The van der Waals surface area contributed by atoms with E-state index in [4.69, 9.17) is 14.2 Å². The second-order valence-corrected chi connectivity index (χ2v) is 9.95. The number of benzene rings is 2. The molecule has 2 aliphatic heterocycles. The van der Waals surface area contributed by atoms with Crippen molar-refractivity contribution in [1.29, 1.82) is 0 Å². The fourth-order valence-corrected chi connectivity index (χ4v) is 5.83. The molecule has 2 aromatic carbocycles. The average molecular weight is 446 g/mol. The maximum absolute atomic E-state index is 13.2. The SMILES string of the molecule is CCOc1ccc2c(c1)OC1(CCN(S(=O)(=O)c3ccc(OC)c(C)c3)CC1)CC2=O. The Kier molecular flexibility index (Phi) is 5.70. The van der Waals surface area contributed by atoms with E-state index in [1.165, 1.54) is 4.31 Å². The molecule has 7 nitrogen and oxygen atoms in total. The number of ether oxygens (including phenoxy) is 3. The van der Waals surface area contributed by atoms with Crippen LogP contribution in [0.3, 0.4) is 0 Å². The van der Waals surface area contributed by atoms with Crippen LogP contribution in [0.5, 0.6) is 17.2 Å². The third-order valence-corrected chi connectivity index (χ3v) is 7.91. The lowest BCUT2D eigenvalue weighted by Crippen LogP contribution is -2.52. The monoisotopic (exact) mass is 445 g/mol. The van der Waals surface area contributed by atoms with Crippen molar-refractivity contribution in [3.63, 3.8) is 0 Å². The van der Waals surface area contributed by atoms with Crippen molar-refractivity contribution in [2.45, 2.75) is 43.6 Å². The number of nitrogens with zero attached hydrogens (tertiary/aromatic N) is 1. The van der Waals surface area contributed by atoms with Gasteiger partial charge in [-0.1, -0.05) is 0 Å². The van der Waals surface area contributed by atoms with Crippen molar-refractivity contribution < 1.29 is 27.4 Å². The van der Waals surface area contributed by atoms with Crippen LogP contribution >= 0.6 is 0 Å². The standard InChI is InChI=1S/C23H27NO6S/c1-4-29-17-5-7-19-20(25)15-23(30-22(19)14-17)9-11-24(12-10-23)31(26,27)18-6-8-21(28-3)16(2)13-18/h5-8,13-14H,4,9-12,15H2,1-3H3. The molecule has 0 aliphatic carbocycles. The highest BCUT2D eigenvalue weighted by Gasteiger charge is 2.45. The zero-order valence-corrected chi connectivity index (χ0v) is 18.8. The number of carbonyl (C=O) groups excluding carboxylic acids is 1. The molecule has 4 rings (SSSR count). The molecule has 1 saturated heterocycles. The first-order chi connectivity index (χ1) is 14.8. The average Bonchev–Trinajstić information content (AvgIpc) is 2.74. The van der Waals surface area contributed by atoms with Crippen LogP contribution in [-0.2, 0) is 10.0 Å². The lowest BCUT2D eigenvalue weighted by atomic mass is 9.83. The number of ketones is 1. The topological polar surface area (TPSA) is 82.1 Å². The summed E-state index contributed by atoms with van der Waals surface area (Å²) in [4.78, 5) is 13.0. The summed E-state index contributed by atoms with van der Waals surface area (Å²) in [5.41, 5.74) is 0.634. The Bertz CT molecular complexity index is 1100. The van der Waals surface area contributed by atoms with E-state index in [0.29, 0.717) is 55.4 Å². The summed E-state index contributed by atoms with van der Waals surface area (Å²) in [6, 6.07) is 10.1. The Morgan fingerprint density at radius 1 is 1.13 bits per heavy atom. The molecule has 0 aromatic heterocycles. The molecule has 2 aliphatic rings. The van der Waals surface area contributed by atoms with Crippen LogP contribution in [0.15, 0.2) is 41.3 Å². The molecule has 8 heteroatoms. The highest BCUT2D eigenvalue weighted by Crippen LogP contribution is 2.41. The molecular formula is C23H27NO6S. The molecule has 0 radical (unpaired) electrons. The van der Waals surface area contributed by atoms with Crippen LogP contribution < -0.4 is 14.2 Å². The lowest BCUT2D eigenvalue weighted by molar-refractivity contribution is 0.00575. The summed E-state index contributed by atoms with van der Waals surface area (Å²) in [5.74, 6) is 1.84. The number of piperidine rings is 1. The number of hydrogen-bond donors (Lipinski definition) is 0. The van der Waals surface area contributed by atoms with E-state index in [9.17, 15) is 13.2 Å². The molecule has 31 heavy (non-hydrogen) atoms. The number of hydrogen-bond acceptors (Lipinski definition) is 6. The van der Waals surface area contributed by atoms with Gasteiger partial charge >= 0.3 is 0 Å². The van der Waals surface area contributed by atoms with Crippen LogP contribution in [0.4, 0.5) is 0 Å². The van der Waals surface area contributed by atoms with Gasteiger partial charge < -0.3 is 14.2 Å². The van der Waals surface area contributed by atoms with Gasteiger partial charge in [0, 0.05) is 32.0 Å². The highest BCUT2D eigenvalue weighted by molar-refractivity contribution is 7.89. The van der Waals surface area contributed by atoms with Crippen molar-refractivity contribution >= 4 is 15.8 Å². The van der Waals surface area contributed by atoms with Crippen molar-refractivity contribution in [2.75, 3.05) is 26.8 Å². The number of methoxy groups -OCH3 is 1. The third-order valence-electron chi connectivity index (χ3n) is 6.01. The minimum atomic E-state index is -3.64. The lowest BCUT2D eigenvalue weighted by Gasteiger charge is -2.43. The molecule has 1 fully saturated rings. The zero-order chi connectivity index (χ0) is 22.2. The van der Waals surface area contributed by atoms with E-state index in [1.807, 2.05) is 13.8 Å². The molecule has 166 valence electrons. The van der Waals surface area contributed by atoms with Gasteiger partial charge in [-0.25, -0.2) is 8.42 Å². The van der Waals surface area contributed by atoms with Crippen molar-refractivity contribution in [1.82, 2.24) is 4.31 Å². The number of rotatable bonds is 5. The van der Waals surface area contributed by atoms with Gasteiger partial charge in [-0.05, 0) is 49.7 Å².